The summed E-state index contributed by atoms with van der Waals surface area (Å²) in [6.07, 6.45) is 1.11. The molecule has 1 aromatic carbocycles. The van der Waals surface area contributed by atoms with E-state index in [0.29, 0.717) is 12.1 Å². The standard InChI is InChI=1S/C17H29N3/c1-5-18-16(12-15-9-7-6-8-14(15)2)17-13-19(3)10-11-20(17)4/h6-9,16-18H,5,10-13H2,1-4H3. The molecule has 2 unspecified atom stereocenters. The van der Waals surface area contributed by atoms with Gasteiger partial charge in [-0.1, -0.05) is 31.2 Å². The zero-order chi connectivity index (χ0) is 14.5. The quantitative estimate of drug-likeness (QED) is 0.883. The van der Waals surface area contributed by atoms with E-state index < -0.39 is 0 Å². The third kappa shape index (κ3) is 3.81. The minimum Gasteiger partial charge on any atom is -0.312 e. The first-order chi connectivity index (χ1) is 9.61. The summed E-state index contributed by atoms with van der Waals surface area (Å²) >= 11 is 0. The zero-order valence-corrected chi connectivity index (χ0v) is 13.4. The molecular weight excluding hydrogens is 246 g/mol. The van der Waals surface area contributed by atoms with E-state index in [0.717, 1.165) is 26.1 Å². The van der Waals surface area contributed by atoms with Crippen LogP contribution in [0.2, 0.25) is 0 Å². The molecule has 0 radical (unpaired) electrons. The Hall–Kier alpha value is -0.900. The molecule has 1 aromatic rings. The van der Waals surface area contributed by atoms with Gasteiger partial charge < -0.3 is 10.2 Å². The summed E-state index contributed by atoms with van der Waals surface area (Å²) in [5.41, 5.74) is 2.88. The summed E-state index contributed by atoms with van der Waals surface area (Å²) in [6.45, 7) is 8.95. The third-order valence-corrected chi connectivity index (χ3v) is 4.53. The second kappa shape index (κ2) is 7.21. The Labute approximate surface area is 124 Å². The van der Waals surface area contributed by atoms with Crippen molar-refractivity contribution in [2.75, 3.05) is 40.3 Å². The van der Waals surface area contributed by atoms with Crippen molar-refractivity contribution >= 4 is 0 Å². The van der Waals surface area contributed by atoms with Crippen molar-refractivity contribution in [1.29, 1.82) is 0 Å². The Bertz CT molecular complexity index is 418. The lowest BCUT2D eigenvalue weighted by atomic mass is 9.94. The summed E-state index contributed by atoms with van der Waals surface area (Å²) in [7, 11) is 4.50. The first-order valence-corrected chi connectivity index (χ1v) is 7.78. The van der Waals surface area contributed by atoms with Gasteiger partial charge in [0, 0.05) is 31.7 Å². The maximum atomic E-state index is 3.71. The molecular formula is C17H29N3. The van der Waals surface area contributed by atoms with Gasteiger partial charge in [-0.15, -0.1) is 0 Å². The molecule has 2 atom stereocenters. The van der Waals surface area contributed by atoms with E-state index in [1.54, 1.807) is 0 Å². The number of nitrogens with zero attached hydrogens (tertiary/aromatic N) is 2. The molecule has 3 nitrogen and oxygen atoms in total. The Morgan fingerprint density at radius 3 is 2.70 bits per heavy atom. The molecule has 1 fully saturated rings. The van der Waals surface area contributed by atoms with Crippen LogP contribution in [0.5, 0.6) is 0 Å². The number of hydrogen-bond acceptors (Lipinski definition) is 3. The van der Waals surface area contributed by atoms with Gasteiger partial charge in [-0.2, -0.15) is 0 Å². The number of piperazine rings is 1. The Balaban J connectivity index is 2.11. The molecule has 1 aliphatic rings. The van der Waals surface area contributed by atoms with Crippen LogP contribution >= 0.6 is 0 Å². The topological polar surface area (TPSA) is 18.5 Å². The second-order valence-corrected chi connectivity index (χ2v) is 6.10. The lowest BCUT2D eigenvalue weighted by molar-refractivity contribution is 0.0880. The van der Waals surface area contributed by atoms with Crippen LogP contribution in [0.25, 0.3) is 0 Å². The van der Waals surface area contributed by atoms with Crippen molar-refractivity contribution < 1.29 is 0 Å². The largest absolute Gasteiger partial charge is 0.312 e. The number of hydrogen-bond donors (Lipinski definition) is 1. The van der Waals surface area contributed by atoms with Gasteiger partial charge in [-0.25, -0.2) is 0 Å². The normalized spacial score (nSPS) is 22.9. The van der Waals surface area contributed by atoms with E-state index in [4.69, 9.17) is 0 Å². The van der Waals surface area contributed by atoms with E-state index >= 15 is 0 Å². The molecule has 1 aliphatic heterocycles. The van der Waals surface area contributed by atoms with E-state index in [2.05, 4.69) is 67.3 Å². The van der Waals surface area contributed by atoms with Gasteiger partial charge in [-0.05, 0) is 45.1 Å². The molecule has 0 saturated carbocycles. The second-order valence-electron chi connectivity index (χ2n) is 6.10. The van der Waals surface area contributed by atoms with Crippen LogP contribution < -0.4 is 5.32 Å². The Morgan fingerprint density at radius 2 is 2.00 bits per heavy atom. The summed E-state index contributed by atoms with van der Waals surface area (Å²) in [5.74, 6) is 0. The highest BCUT2D eigenvalue weighted by molar-refractivity contribution is 5.26. The molecule has 1 heterocycles. The number of benzene rings is 1. The molecule has 20 heavy (non-hydrogen) atoms. The fourth-order valence-electron chi connectivity index (χ4n) is 3.16. The molecule has 112 valence electrons. The summed E-state index contributed by atoms with van der Waals surface area (Å²) in [6, 6.07) is 9.88. The predicted octanol–water partition coefficient (Wildman–Crippen LogP) is 1.76. The van der Waals surface area contributed by atoms with Crippen LogP contribution in [0.15, 0.2) is 24.3 Å². The number of aryl methyl sites for hydroxylation is 1. The third-order valence-electron chi connectivity index (χ3n) is 4.53. The average Bonchev–Trinajstić information content (AvgIpc) is 2.43. The highest BCUT2D eigenvalue weighted by atomic mass is 15.3. The smallest absolute Gasteiger partial charge is 0.0377 e. The van der Waals surface area contributed by atoms with Crippen LogP contribution in [0.4, 0.5) is 0 Å². The summed E-state index contributed by atoms with van der Waals surface area (Å²) < 4.78 is 0. The van der Waals surface area contributed by atoms with Crippen LogP contribution in [-0.4, -0.2) is 62.2 Å². The molecule has 1 saturated heterocycles. The lowest BCUT2D eigenvalue weighted by Crippen LogP contribution is -2.59. The molecule has 1 N–H and O–H groups in total. The lowest BCUT2D eigenvalue weighted by Gasteiger charge is -2.42. The molecule has 0 aliphatic carbocycles. The monoisotopic (exact) mass is 275 g/mol. The molecule has 3 heteroatoms. The maximum absolute atomic E-state index is 3.71. The fraction of sp³-hybridized carbons (Fsp3) is 0.647. The summed E-state index contributed by atoms with van der Waals surface area (Å²) in [5, 5.41) is 3.71. The number of nitrogens with one attached hydrogen (secondary N) is 1. The van der Waals surface area contributed by atoms with Crippen molar-refractivity contribution in [1.82, 2.24) is 15.1 Å². The van der Waals surface area contributed by atoms with E-state index in [9.17, 15) is 0 Å². The van der Waals surface area contributed by atoms with Gasteiger partial charge >= 0.3 is 0 Å². The van der Waals surface area contributed by atoms with Crippen molar-refractivity contribution in [3.63, 3.8) is 0 Å². The first-order valence-electron chi connectivity index (χ1n) is 7.78. The van der Waals surface area contributed by atoms with Crippen LogP contribution in [0.3, 0.4) is 0 Å². The van der Waals surface area contributed by atoms with E-state index in [-0.39, 0.29) is 0 Å². The van der Waals surface area contributed by atoms with Gasteiger partial charge in [0.05, 0.1) is 0 Å². The number of likely N-dealkylation sites (N-methyl/N-ethyl adjacent to an activating group) is 3. The Kier molecular flexibility index (Phi) is 5.58. The SMILES string of the molecule is CCNC(Cc1ccccc1C)C1CN(C)CCN1C. The Morgan fingerprint density at radius 1 is 1.25 bits per heavy atom. The average molecular weight is 275 g/mol. The molecule has 0 bridgehead atoms. The van der Waals surface area contributed by atoms with Gasteiger partial charge in [0.15, 0.2) is 0 Å². The maximum Gasteiger partial charge on any atom is 0.0377 e. The fourth-order valence-corrected chi connectivity index (χ4v) is 3.16. The van der Waals surface area contributed by atoms with Crippen LogP contribution in [0, 0.1) is 6.92 Å². The minimum atomic E-state index is 0.522. The number of rotatable bonds is 5. The predicted molar refractivity (Wildman–Crippen MR) is 86.3 cm³/mol. The molecule has 0 amide bonds. The van der Waals surface area contributed by atoms with Gasteiger partial charge in [0.25, 0.3) is 0 Å². The van der Waals surface area contributed by atoms with Crippen molar-refractivity contribution in [2.24, 2.45) is 0 Å². The van der Waals surface area contributed by atoms with Gasteiger partial charge in [-0.3, -0.25) is 4.90 Å². The van der Waals surface area contributed by atoms with Crippen molar-refractivity contribution in [2.45, 2.75) is 32.4 Å². The van der Waals surface area contributed by atoms with Crippen LogP contribution in [-0.2, 0) is 6.42 Å². The van der Waals surface area contributed by atoms with Gasteiger partial charge in [0.1, 0.15) is 0 Å². The van der Waals surface area contributed by atoms with Gasteiger partial charge in [0.2, 0.25) is 0 Å². The molecule has 0 aromatic heterocycles. The zero-order valence-electron chi connectivity index (χ0n) is 13.4. The van der Waals surface area contributed by atoms with E-state index in [1.807, 2.05) is 0 Å². The highest BCUT2D eigenvalue weighted by Crippen LogP contribution is 2.16. The molecule has 0 spiro atoms. The van der Waals surface area contributed by atoms with Crippen molar-refractivity contribution in [3.8, 4) is 0 Å². The highest BCUT2D eigenvalue weighted by Gasteiger charge is 2.29. The minimum absolute atomic E-state index is 0.522. The van der Waals surface area contributed by atoms with Crippen LogP contribution in [0.1, 0.15) is 18.1 Å². The van der Waals surface area contributed by atoms with Crippen molar-refractivity contribution in [3.05, 3.63) is 35.4 Å². The first kappa shape index (κ1) is 15.5. The molecule has 2 rings (SSSR count). The van der Waals surface area contributed by atoms with E-state index in [1.165, 1.54) is 17.7 Å². The summed E-state index contributed by atoms with van der Waals surface area (Å²) in [4.78, 5) is 4.97.